The summed E-state index contributed by atoms with van der Waals surface area (Å²) in [6.45, 7) is 1.59. The molecule has 3 aromatic rings. The zero-order chi connectivity index (χ0) is 20.0. The molecule has 6 nitrogen and oxygen atoms in total. The maximum absolute atomic E-state index is 13.0. The molecule has 0 saturated carbocycles. The second-order valence-corrected chi connectivity index (χ2v) is 7.70. The van der Waals surface area contributed by atoms with Gasteiger partial charge in [0.15, 0.2) is 0 Å². The largest absolute Gasteiger partial charge is 0.380 e. The lowest BCUT2D eigenvalue weighted by Gasteiger charge is -2.22. The Hall–Kier alpha value is -3.38. The lowest BCUT2D eigenvalue weighted by Crippen LogP contribution is -2.40. The van der Waals surface area contributed by atoms with E-state index in [0.29, 0.717) is 18.5 Å². The first-order chi connectivity index (χ1) is 14.1. The number of anilines is 1. The Balaban J connectivity index is 1.53. The predicted octanol–water partition coefficient (Wildman–Crippen LogP) is 3.17. The van der Waals surface area contributed by atoms with Crippen LogP contribution < -0.4 is 4.90 Å². The molecule has 5 rings (SSSR count). The molecule has 1 fully saturated rings. The third-order valence-corrected chi connectivity index (χ3v) is 5.76. The number of hydrogen-bond acceptors (Lipinski definition) is 5. The average molecular weight is 384 g/mol. The van der Waals surface area contributed by atoms with Crippen LogP contribution in [0.3, 0.4) is 0 Å². The van der Waals surface area contributed by atoms with Crippen molar-refractivity contribution in [3.05, 3.63) is 84.1 Å². The molecule has 1 aliphatic carbocycles. The first kappa shape index (κ1) is 17.7. The predicted molar refractivity (Wildman–Crippen MR) is 110 cm³/mol. The molecule has 0 bridgehead atoms. The number of fused-ring (bicyclic) bond motifs is 2. The number of aliphatic hydroxyl groups is 1. The molecule has 144 valence electrons. The number of nitrogens with zero attached hydrogens (tertiary/aromatic N) is 4. The van der Waals surface area contributed by atoms with Crippen molar-refractivity contribution in [3.8, 4) is 0 Å². The monoisotopic (exact) mass is 384 g/mol. The molecular weight excluding hydrogens is 364 g/mol. The van der Waals surface area contributed by atoms with Gasteiger partial charge < -0.3 is 5.11 Å². The third kappa shape index (κ3) is 2.84. The summed E-state index contributed by atoms with van der Waals surface area (Å²) in [7, 11) is 0. The van der Waals surface area contributed by atoms with Crippen LogP contribution in [0, 0.1) is 5.92 Å². The molecule has 1 aliphatic heterocycles. The summed E-state index contributed by atoms with van der Waals surface area (Å²) < 4.78 is 0. The first-order valence-corrected chi connectivity index (χ1v) is 9.62. The standard InChI is InChI=1S/C23H20N4O2/c1-23(29)19-8-4-5-9-21(19)27(22(23)28)17-10-15(12-24-14-17)11-20-18-7-3-2-6-16(18)13-25-26-20/h2-7,9-10,12-14,19,29H,8,11H2,1H3/t19?,23-/m1/s1. The summed E-state index contributed by atoms with van der Waals surface area (Å²) in [6, 6.07) is 9.93. The van der Waals surface area contributed by atoms with Gasteiger partial charge in [-0.15, -0.1) is 0 Å². The number of carbonyl (C=O) groups is 1. The molecule has 6 heteroatoms. The Kier molecular flexibility index (Phi) is 4.03. The van der Waals surface area contributed by atoms with E-state index in [4.69, 9.17) is 0 Å². The maximum atomic E-state index is 13.0. The topological polar surface area (TPSA) is 79.2 Å². The Morgan fingerprint density at radius 2 is 2.10 bits per heavy atom. The number of hydrogen-bond donors (Lipinski definition) is 1. The molecule has 2 aromatic heterocycles. The summed E-state index contributed by atoms with van der Waals surface area (Å²) in [5, 5.41) is 21.3. The minimum Gasteiger partial charge on any atom is -0.380 e. The number of amides is 1. The van der Waals surface area contributed by atoms with Gasteiger partial charge >= 0.3 is 0 Å². The van der Waals surface area contributed by atoms with Crippen molar-refractivity contribution in [1.29, 1.82) is 0 Å². The first-order valence-electron chi connectivity index (χ1n) is 9.62. The van der Waals surface area contributed by atoms with Crippen LogP contribution in [0.2, 0.25) is 0 Å². The number of allylic oxidation sites excluding steroid dienone is 3. The molecular formula is C23H20N4O2. The second-order valence-electron chi connectivity index (χ2n) is 7.70. The number of pyridine rings is 1. The molecule has 1 amide bonds. The van der Waals surface area contributed by atoms with Gasteiger partial charge in [-0.25, -0.2) is 0 Å². The van der Waals surface area contributed by atoms with Gasteiger partial charge in [-0.05, 0) is 31.1 Å². The molecule has 0 spiro atoms. The van der Waals surface area contributed by atoms with Gasteiger partial charge in [0.1, 0.15) is 5.60 Å². The van der Waals surface area contributed by atoms with Crippen molar-refractivity contribution in [2.24, 2.45) is 5.92 Å². The molecule has 1 N–H and O–H groups in total. The van der Waals surface area contributed by atoms with Crippen LogP contribution in [-0.2, 0) is 11.2 Å². The Bertz CT molecular complexity index is 1180. The van der Waals surface area contributed by atoms with Crippen LogP contribution in [0.5, 0.6) is 0 Å². The quantitative estimate of drug-likeness (QED) is 0.750. The van der Waals surface area contributed by atoms with Crippen molar-refractivity contribution >= 4 is 22.4 Å². The lowest BCUT2D eigenvalue weighted by atomic mass is 9.85. The summed E-state index contributed by atoms with van der Waals surface area (Å²) in [5.41, 5.74) is 1.83. The fourth-order valence-electron chi connectivity index (χ4n) is 4.23. The van der Waals surface area contributed by atoms with E-state index in [1.807, 2.05) is 48.6 Å². The van der Waals surface area contributed by atoms with E-state index in [1.165, 1.54) is 0 Å². The molecule has 1 saturated heterocycles. The third-order valence-electron chi connectivity index (χ3n) is 5.76. The Labute approximate surface area is 168 Å². The highest BCUT2D eigenvalue weighted by Gasteiger charge is 2.53. The van der Waals surface area contributed by atoms with Crippen molar-refractivity contribution < 1.29 is 9.90 Å². The SMILES string of the molecule is C[C@]1(O)C(=O)N(c2cncc(Cc3nncc4ccccc34)c2)C2=CC=CCC21. The molecule has 1 aromatic carbocycles. The van der Waals surface area contributed by atoms with Crippen molar-refractivity contribution in [3.63, 3.8) is 0 Å². The highest BCUT2D eigenvalue weighted by atomic mass is 16.3. The van der Waals surface area contributed by atoms with E-state index < -0.39 is 5.60 Å². The van der Waals surface area contributed by atoms with Gasteiger partial charge in [0.25, 0.3) is 5.91 Å². The summed E-state index contributed by atoms with van der Waals surface area (Å²) >= 11 is 0. The highest BCUT2D eigenvalue weighted by Crippen LogP contribution is 2.43. The molecule has 2 aliphatic rings. The van der Waals surface area contributed by atoms with Crippen LogP contribution in [-0.4, -0.2) is 31.8 Å². The fourth-order valence-corrected chi connectivity index (χ4v) is 4.23. The smallest absolute Gasteiger partial charge is 0.263 e. The highest BCUT2D eigenvalue weighted by molar-refractivity contribution is 6.06. The molecule has 1 unspecified atom stereocenters. The average Bonchev–Trinajstić information content (AvgIpc) is 2.95. The number of benzene rings is 1. The maximum Gasteiger partial charge on any atom is 0.263 e. The number of aromatic nitrogens is 3. The number of rotatable bonds is 3. The molecule has 2 atom stereocenters. The van der Waals surface area contributed by atoms with Crippen molar-refractivity contribution in [2.75, 3.05) is 4.90 Å². The molecule has 29 heavy (non-hydrogen) atoms. The van der Waals surface area contributed by atoms with Crippen LogP contribution in [0.1, 0.15) is 24.6 Å². The van der Waals surface area contributed by atoms with Gasteiger partial charge in [0.2, 0.25) is 0 Å². The van der Waals surface area contributed by atoms with Gasteiger partial charge in [-0.2, -0.15) is 10.2 Å². The van der Waals surface area contributed by atoms with Crippen LogP contribution >= 0.6 is 0 Å². The van der Waals surface area contributed by atoms with E-state index in [0.717, 1.165) is 27.7 Å². The van der Waals surface area contributed by atoms with Gasteiger partial charge in [-0.3, -0.25) is 14.7 Å². The van der Waals surface area contributed by atoms with Crippen LogP contribution in [0.15, 0.2) is 72.8 Å². The van der Waals surface area contributed by atoms with E-state index in [-0.39, 0.29) is 11.8 Å². The van der Waals surface area contributed by atoms with Crippen molar-refractivity contribution in [2.45, 2.75) is 25.4 Å². The normalized spacial score (nSPS) is 23.4. The molecule has 0 radical (unpaired) electrons. The summed E-state index contributed by atoms with van der Waals surface area (Å²) in [6.07, 6.45) is 12.2. The zero-order valence-corrected chi connectivity index (χ0v) is 16.0. The Morgan fingerprint density at radius 3 is 3.00 bits per heavy atom. The van der Waals surface area contributed by atoms with Crippen LogP contribution in [0.25, 0.3) is 10.8 Å². The molecule has 3 heterocycles. The Morgan fingerprint density at radius 1 is 1.24 bits per heavy atom. The summed E-state index contributed by atoms with van der Waals surface area (Å²) in [5.74, 6) is -0.561. The minimum atomic E-state index is -1.42. The fraction of sp³-hybridized carbons (Fsp3) is 0.217. The zero-order valence-electron chi connectivity index (χ0n) is 16.0. The van der Waals surface area contributed by atoms with E-state index in [9.17, 15) is 9.90 Å². The van der Waals surface area contributed by atoms with Gasteiger partial charge in [-0.1, -0.05) is 36.4 Å². The van der Waals surface area contributed by atoms with E-state index in [1.54, 1.807) is 30.4 Å². The lowest BCUT2D eigenvalue weighted by molar-refractivity contribution is -0.134. The van der Waals surface area contributed by atoms with Crippen molar-refractivity contribution in [1.82, 2.24) is 15.2 Å². The van der Waals surface area contributed by atoms with Crippen LogP contribution in [0.4, 0.5) is 5.69 Å². The second kappa shape index (κ2) is 6.60. The summed E-state index contributed by atoms with van der Waals surface area (Å²) in [4.78, 5) is 18.9. The van der Waals surface area contributed by atoms with E-state index in [2.05, 4.69) is 15.2 Å². The van der Waals surface area contributed by atoms with E-state index >= 15 is 0 Å². The minimum absolute atomic E-state index is 0.243. The number of carbonyl (C=O) groups excluding carboxylic acids is 1. The van der Waals surface area contributed by atoms with Gasteiger partial charge in [0.05, 0.1) is 23.8 Å². The van der Waals surface area contributed by atoms with Gasteiger partial charge in [0, 0.05) is 35.0 Å².